The average molecular weight is 304 g/mol. The van der Waals surface area contributed by atoms with E-state index >= 15 is 0 Å². The summed E-state index contributed by atoms with van der Waals surface area (Å²) >= 11 is 0. The van der Waals surface area contributed by atoms with E-state index in [1.54, 1.807) is 6.92 Å². The van der Waals surface area contributed by atoms with Gasteiger partial charge in [-0.1, -0.05) is 17.7 Å². The second-order valence-corrected chi connectivity index (χ2v) is 6.40. The zero-order valence-electron chi connectivity index (χ0n) is 10.6. The number of sulfone groups is 1. The van der Waals surface area contributed by atoms with Crippen LogP contribution in [0.4, 0.5) is 0 Å². The maximum Gasteiger partial charge on any atom is 0.207 e. The summed E-state index contributed by atoms with van der Waals surface area (Å²) in [5.41, 5.74) is -1.56. The Morgan fingerprint density at radius 3 is 1.95 bits per heavy atom. The molecule has 20 heavy (non-hydrogen) atoms. The minimum Gasteiger partial charge on any atom is -0.387 e. The Morgan fingerprint density at radius 2 is 1.50 bits per heavy atom. The molecule has 0 aromatic heterocycles. The van der Waals surface area contributed by atoms with E-state index < -0.39 is 33.6 Å². The minimum atomic E-state index is -4.32. The number of aliphatic hydroxyl groups excluding tert-OH is 4. The average Bonchev–Trinajstić information content (AvgIpc) is 2.44. The van der Waals surface area contributed by atoms with Gasteiger partial charge in [0.1, 0.15) is 18.3 Å². The molecule has 0 saturated heterocycles. The van der Waals surface area contributed by atoms with Crippen molar-refractivity contribution in [3.05, 3.63) is 29.8 Å². The number of aliphatic hydroxyl groups is 4. The lowest BCUT2D eigenvalue weighted by molar-refractivity contribution is -0.129. The molecule has 0 aliphatic heterocycles. The molecule has 4 atom stereocenters. The fourth-order valence-electron chi connectivity index (χ4n) is 1.50. The Kier molecular flexibility index (Phi) is 5.37. The van der Waals surface area contributed by atoms with Gasteiger partial charge < -0.3 is 25.2 Å². The minimum absolute atomic E-state index is 0.0703. The molecule has 4 N–H and O–H groups in total. The molecule has 1 aromatic carbocycles. The van der Waals surface area contributed by atoms with Crippen molar-refractivity contribution in [2.24, 2.45) is 0 Å². The van der Waals surface area contributed by atoms with Crippen LogP contribution in [0.5, 0.6) is 0 Å². The molecule has 8 heteroatoms. The van der Waals surface area contributed by atoms with Crippen molar-refractivity contribution in [3.63, 3.8) is 0 Å². The van der Waals surface area contributed by atoms with E-state index in [-0.39, 0.29) is 11.2 Å². The van der Waals surface area contributed by atoms with Crippen molar-refractivity contribution in [1.82, 2.24) is 0 Å². The highest BCUT2D eigenvalue weighted by Crippen LogP contribution is 2.19. The lowest BCUT2D eigenvalue weighted by Gasteiger charge is -2.24. The van der Waals surface area contributed by atoms with Gasteiger partial charge in [0.2, 0.25) is 9.84 Å². The second-order valence-electron chi connectivity index (χ2n) is 4.36. The van der Waals surface area contributed by atoms with Gasteiger partial charge in [-0.3, -0.25) is 0 Å². The Labute approximate surface area is 116 Å². The van der Waals surface area contributed by atoms with Crippen LogP contribution < -0.4 is 0 Å². The molecule has 0 aliphatic carbocycles. The monoisotopic (exact) mass is 304 g/mol. The van der Waals surface area contributed by atoms with Gasteiger partial charge in [-0.25, -0.2) is 8.42 Å². The maximum absolute atomic E-state index is 12.0. The Bertz CT molecular complexity index is 552. The molecule has 7 nitrogen and oxygen atoms in total. The molecule has 1 unspecified atom stereocenters. The van der Waals surface area contributed by atoms with E-state index in [0.717, 1.165) is 5.56 Å². The Hall–Kier alpha value is -1.32. The third-order valence-electron chi connectivity index (χ3n) is 2.80. The Balaban J connectivity index is 3.03. The highest BCUT2D eigenvalue weighted by atomic mass is 32.2. The van der Waals surface area contributed by atoms with Gasteiger partial charge in [0.25, 0.3) is 0 Å². The Morgan fingerprint density at radius 1 is 1.00 bits per heavy atom. The third kappa shape index (κ3) is 3.41. The summed E-state index contributed by atoms with van der Waals surface area (Å²) in [6.45, 7) is 1.74. The molecule has 1 rings (SSSR count). The molecule has 0 amide bonds. The number of hydrogen-bond acceptors (Lipinski definition) is 7. The summed E-state index contributed by atoms with van der Waals surface area (Å²) in [7, 11) is -4.32. The molecular weight excluding hydrogens is 288 g/mol. The zero-order valence-corrected chi connectivity index (χ0v) is 11.4. The molecule has 0 heterocycles. The van der Waals surface area contributed by atoms with Crippen LogP contribution in [-0.2, 0) is 14.6 Å². The fourth-order valence-corrected chi connectivity index (χ4v) is 2.82. The molecule has 1 aromatic rings. The summed E-state index contributed by atoms with van der Waals surface area (Å²) in [5, 5.41) is 37.6. The van der Waals surface area contributed by atoms with Crippen LogP contribution in [-0.4, -0.2) is 58.9 Å². The van der Waals surface area contributed by atoms with Crippen molar-refractivity contribution in [2.45, 2.75) is 35.6 Å². The summed E-state index contributed by atoms with van der Waals surface area (Å²) in [6.07, 6.45) is -6.39. The van der Waals surface area contributed by atoms with Crippen molar-refractivity contribution in [1.29, 1.82) is 0 Å². The number of aldehydes is 1. The summed E-state index contributed by atoms with van der Waals surface area (Å²) in [6, 6.07) is 5.48. The van der Waals surface area contributed by atoms with E-state index in [9.17, 15) is 28.5 Å². The molecule has 0 fully saturated rings. The molecule has 0 radical (unpaired) electrons. The van der Waals surface area contributed by atoms with Crippen LogP contribution >= 0.6 is 0 Å². The molecule has 0 bridgehead atoms. The van der Waals surface area contributed by atoms with E-state index in [1.165, 1.54) is 24.3 Å². The highest BCUT2D eigenvalue weighted by molar-refractivity contribution is 7.92. The molecule has 0 aliphatic rings. The zero-order chi connectivity index (χ0) is 15.5. The first-order valence-electron chi connectivity index (χ1n) is 5.70. The molecule has 112 valence electrons. The summed E-state index contributed by atoms with van der Waals surface area (Å²) < 4.78 is 24.0. The van der Waals surface area contributed by atoms with E-state index in [4.69, 9.17) is 5.11 Å². The van der Waals surface area contributed by atoms with Gasteiger partial charge in [-0.2, -0.15) is 0 Å². The predicted molar refractivity (Wildman–Crippen MR) is 68.5 cm³/mol. The smallest absolute Gasteiger partial charge is 0.207 e. The predicted octanol–water partition coefficient (Wildman–Crippen LogP) is -1.63. The van der Waals surface area contributed by atoms with Crippen molar-refractivity contribution in [2.75, 3.05) is 0 Å². The van der Waals surface area contributed by atoms with Crippen LogP contribution in [0.25, 0.3) is 0 Å². The lowest BCUT2D eigenvalue weighted by Crippen LogP contribution is -2.48. The van der Waals surface area contributed by atoms with Gasteiger partial charge >= 0.3 is 0 Å². The van der Waals surface area contributed by atoms with Gasteiger partial charge in [-0.15, -0.1) is 0 Å². The normalized spacial score (nSPS) is 18.1. The topological polar surface area (TPSA) is 132 Å². The standard InChI is InChI=1S/C12H16O7S/c1-7-2-4-8(5-3-7)20(18,19)12(17)11(16)10(15)9(14)6-13/h2-6,9-12,14-17H,1H3/t9-,10-,11-,12?/m0/s1. The van der Waals surface area contributed by atoms with Crippen LogP contribution in [0.1, 0.15) is 5.56 Å². The van der Waals surface area contributed by atoms with Gasteiger partial charge in [0.05, 0.1) is 4.90 Å². The van der Waals surface area contributed by atoms with Crippen LogP contribution in [0.3, 0.4) is 0 Å². The van der Waals surface area contributed by atoms with Crippen LogP contribution in [0, 0.1) is 6.92 Å². The second kappa shape index (κ2) is 6.42. The number of carbonyl (C=O) groups excluding carboxylic acids is 1. The van der Waals surface area contributed by atoms with Crippen molar-refractivity contribution < 1.29 is 33.6 Å². The molecular formula is C12H16O7S. The summed E-state index contributed by atoms with van der Waals surface area (Å²) in [5.74, 6) is 0. The first-order chi connectivity index (χ1) is 9.21. The number of benzene rings is 1. The van der Waals surface area contributed by atoms with E-state index in [1.807, 2.05) is 0 Å². The SMILES string of the molecule is Cc1ccc(S(=O)(=O)C(O)[C@@H](O)[C@@H](O)[C@@H](O)C=O)cc1. The number of aryl methyl sites for hydroxylation is 1. The van der Waals surface area contributed by atoms with Gasteiger partial charge in [-0.05, 0) is 19.1 Å². The van der Waals surface area contributed by atoms with Crippen LogP contribution in [0.15, 0.2) is 29.2 Å². The number of hydrogen-bond donors (Lipinski definition) is 4. The summed E-state index contributed by atoms with van der Waals surface area (Å²) in [4.78, 5) is 10.0. The maximum atomic E-state index is 12.0. The third-order valence-corrected chi connectivity index (χ3v) is 4.64. The quantitative estimate of drug-likeness (QED) is 0.464. The fraction of sp³-hybridized carbons (Fsp3) is 0.417. The first kappa shape index (κ1) is 16.7. The number of carbonyl (C=O) groups is 1. The number of rotatable bonds is 6. The highest BCUT2D eigenvalue weighted by Gasteiger charge is 2.38. The van der Waals surface area contributed by atoms with Gasteiger partial charge in [0, 0.05) is 0 Å². The lowest BCUT2D eigenvalue weighted by atomic mass is 10.1. The van der Waals surface area contributed by atoms with Crippen molar-refractivity contribution >= 4 is 16.1 Å². The molecule has 0 saturated carbocycles. The molecule has 0 spiro atoms. The van der Waals surface area contributed by atoms with E-state index in [2.05, 4.69) is 0 Å². The first-order valence-corrected chi connectivity index (χ1v) is 7.24. The van der Waals surface area contributed by atoms with E-state index in [0.29, 0.717) is 0 Å². The van der Waals surface area contributed by atoms with Gasteiger partial charge in [0.15, 0.2) is 11.7 Å². The van der Waals surface area contributed by atoms with Crippen molar-refractivity contribution in [3.8, 4) is 0 Å². The van der Waals surface area contributed by atoms with Crippen LogP contribution in [0.2, 0.25) is 0 Å². The largest absolute Gasteiger partial charge is 0.387 e.